The highest BCUT2D eigenvalue weighted by atomic mass is 19.4. The van der Waals surface area contributed by atoms with Crippen molar-refractivity contribution in [1.29, 1.82) is 0 Å². The van der Waals surface area contributed by atoms with E-state index in [1.165, 1.54) is 0 Å². The summed E-state index contributed by atoms with van der Waals surface area (Å²) < 4.78 is 42.3. The molecule has 0 bridgehead atoms. The molecule has 2 aliphatic carbocycles. The SMILES string of the molecule is N[C@H]([C@H](C(=O)OC1CC1)C1CC1)C(F)(F)F. The first kappa shape index (κ1) is 11.7. The van der Waals surface area contributed by atoms with Gasteiger partial charge in [0.25, 0.3) is 0 Å². The van der Waals surface area contributed by atoms with Gasteiger partial charge in [0, 0.05) is 0 Å². The van der Waals surface area contributed by atoms with E-state index in [0.29, 0.717) is 12.8 Å². The number of ether oxygens (including phenoxy) is 1. The molecule has 2 saturated carbocycles. The fourth-order valence-corrected chi connectivity index (χ4v) is 1.72. The smallest absolute Gasteiger partial charge is 0.404 e. The lowest BCUT2D eigenvalue weighted by atomic mass is 9.95. The van der Waals surface area contributed by atoms with Crippen LogP contribution in [0, 0.1) is 11.8 Å². The molecule has 16 heavy (non-hydrogen) atoms. The van der Waals surface area contributed by atoms with Crippen molar-refractivity contribution in [1.82, 2.24) is 0 Å². The van der Waals surface area contributed by atoms with E-state index in [4.69, 9.17) is 10.5 Å². The van der Waals surface area contributed by atoms with E-state index >= 15 is 0 Å². The largest absolute Gasteiger partial charge is 0.462 e. The van der Waals surface area contributed by atoms with Crippen molar-refractivity contribution in [2.75, 3.05) is 0 Å². The first-order valence-electron chi connectivity index (χ1n) is 5.42. The van der Waals surface area contributed by atoms with Gasteiger partial charge in [0.15, 0.2) is 0 Å². The Morgan fingerprint density at radius 1 is 1.25 bits per heavy atom. The highest BCUT2D eigenvalue weighted by Gasteiger charge is 2.52. The molecule has 0 saturated heterocycles. The number of hydrogen-bond donors (Lipinski definition) is 1. The van der Waals surface area contributed by atoms with Crippen molar-refractivity contribution >= 4 is 5.97 Å². The van der Waals surface area contributed by atoms with Crippen LogP contribution in [0.4, 0.5) is 13.2 Å². The van der Waals surface area contributed by atoms with Crippen LogP contribution < -0.4 is 5.73 Å². The second-order valence-corrected chi connectivity index (χ2v) is 4.57. The molecule has 2 fully saturated rings. The second kappa shape index (κ2) is 3.91. The highest BCUT2D eigenvalue weighted by Crippen LogP contribution is 2.43. The van der Waals surface area contributed by atoms with Gasteiger partial charge in [-0.2, -0.15) is 13.2 Å². The second-order valence-electron chi connectivity index (χ2n) is 4.57. The van der Waals surface area contributed by atoms with Crippen molar-refractivity contribution in [3.8, 4) is 0 Å². The van der Waals surface area contributed by atoms with Crippen LogP contribution >= 0.6 is 0 Å². The third-order valence-corrected chi connectivity index (χ3v) is 2.97. The Kier molecular flexibility index (Phi) is 2.86. The van der Waals surface area contributed by atoms with E-state index < -0.39 is 24.1 Å². The molecule has 2 aliphatic rings. The Balaban J connectivity index is 2.00. The molecular formula is C10H14F3NO2. The lowest BCUT2D eigenvalue weighted by Crippen LogP contribution is -2.48. The van der Waals surface area contributed by atoms with Crippen LogP contribution in [0.1, 0.15) is 25.7 Å². The van der Waals surface area contributed by atoms with Gasteiger partial charge in [-0.05, 0) is 31.6 Å². The van der Waals surface area contributed by atoms with E-state index in [1.807, 2.05) is 0 Å². The average Bonchev–Trinajstić information content (AvgIpc) is 2.94. The summed E-state index contributed by atoms with van der Waals surface area (Å²) in [5.74, 6) is -2.22. The minimum absolute atomic E-state index is 0.172. The summed E-state index contributed by atoms with van der Waals surface area (Å²) >= 11 is 0. The van der Waals surface area contributed by atoms with Crippen LogP contribution in [-0.2, 0) is 9.53 Å². The Morgan fingerprint density at radius 2 is 1.81 bits per heavy atom. The van der Waals surface area contributed by atoms with Gasteiger partial charge in [0.05, 0.1) is 5.92 Å². The van der Waals surface area contributed by atoms with Crippen molar-refractivity contribution in [2.45, 2.75) is 44.0 Å². The summed E-state index contributed by atoms with van der Waals surface area (Å²) in [6.45, 7) is 0. The van der Waals surface area contributed by atoms with Gasteiger partial charge in [-0.3, -0.25) is 4.79 Å². The quantitative estimate of drug-likeness (QED) is 0.756. The third-order valence-electron chi connectivity index (χ3n) is 2.97. The van der Waals surface area contributed by atoms with Crippen LogP contribution in [0.3, 0.4) is 0 Å². The Hall–Kier alpha value is -0.780. The lowest BCUT2D eigenvalue weighted by molar-refractivity contribution is -0.178. The van der Waals surface area contributed by atoms with Gasteiger partial charge in [-0.25, -0.2) is 0 Å². The number of rotatable bonds is 4. The lowest BCUT2D eigenvalue weighted by Gasteiger charge is -2.24. The minimum atomic E-state index is -4.53. The van der Waals surface area contributed by atoms with Crippen LogP contribution in [-0.4, -0.2) is 24.3 Å². The minimum Gasteiger partial charge on any atom is -0.462 e. The van der Waals surface area contributed by atoms with Gasteiger partial charge < -0.3 is 10.5 Å². The Labute approximate surface area is 91.1 Å². The third kappa shape index (κ3) is 2.66. The number of carbonyl (C=O) groups is 1. The standard InChI is InChI=1S/C10H14F3NO2/c11-10(12,13)8(14)7(5-1-2-5)9(15)16-6-3-4-6/h5-8H,1-4,14H2/t7-,8-/m1/s1. The summed E-state index contributed by atoms with van der Waals surface area (Å²) in [4.78, 5) is 11.6. The normalized spacial score (nSPS) is 25.0. The average molecular weight is 237 g/mol. The van der Waals surface area contributed by atoms with Crippen LogP contribution in [0.15, 0.2) is 0 Å². The van der Waals surface area contributed by atoms with Gasteiger partial charge in [0.2, 0.25) is 0 Å². The van der Waals surface area contributed by atoms with Gasteiger partial charge in [-0.15, -0.1) is 0 Å². The molecule has 2 N–H and O–H groups in total. The van der Waals surface area contributed by atoms with Crippen molar-refractivity contribution in [2.24, 2.45) is 17.6 Å². The maximum atomic E-state index is 12.5. The predicted molar refractivity (Wildman–Crippen MR) is 49.4 cm³/mol. The van der Waals surface area contributed by atoms with Gasteiger partial charge >= 0.3 is 12.1 Å². The molecule has 0 spiro atoms. The fraction of sp³-hybridized carbons (Fsp3) is 0.900. The molecule has 0 radical (unpaired) electrons. The number of carbonyl (C=O) groups excluding carboxylic acids is 1. The molecule has 0 heterocycles. The molecule has 92 valence electrons. The molecule has 0 amide bonds. The zero-order valence-corrected chi connectivity index (χ0v) is 8.67. The summed E-state index contributed by atoms with van der Waals surface area (Å²) in [5.41, 5.74) is 5.11. The van der Waals surface area contributed by atoms with E-state index in [1.54, 1.807) is 0 Å². The molecule has 0 aromatic heterocycles. The monoisotopic (exact) mass is 237 g/mol. The Morgan fingerprint density at radius 3 is 2.19 bits per heavy atom. The number of nitrogens with two attached hydrogens (primary N) is 1. The molecular weight excluding hydrogens is 223 g/mol. The molecule has 0 aromatic carbocycles. The summed E-state index contributed by atoms with van der Waals surface area (Å²) in [5, 5.41) is 0. The number of hydrogen-bond acceptors (Lipinski definition) is 3. The first-order valence-corrected chi connectivity index (χ1v) is 5.42. The number of alkyl halides is 3. The predicted octanol–water partition coefficient (Wildman–Crippen LogP) is 1.61. The molecule has 0 unspecified atom stereocenters. The molecule has 3 nitrogen and oxygen atoms in total. The van der Waals surface area contributed by atoms with Crippen molar-refractivity contribution in [3.05, 3.63) is 0 Å². The van der Waals surface area contributed by atoms with Gasteiger partial charge in [-0.1, -0.05) is 0 Å². The van der Waals surface area contributed by atoms with E-state index in [-0.39, 0.29) is 12.0 Å². The van der Waals surface area contributed by atoms with E-state index in [9.17, 15) is 18.0 Å². The van der Waals surface area contributed by atoms with Crippen LogP contribution in [0.25, 0.3) is 0 Å². The number of esters is 1. The van der Waals surface area contributed by atoms with Crippen molar-refractivity contribution in [3.63, 3.8) is 0 Å². The molecule has 0 aliphatic heterocycles. The van der Waals surface area contributed by atoms with E-state index in [0.717, 1.165) is 12.8 Å². The molecule has 6 heteroatoms. The molecule has 2 rings (SSSR count). The molecule has 2 atom stereocenters. The zero-order chi connectivity index (χ0) is 11.9. The number of halogens is 3. The fourth-order valence-electron chi connectivity index (χ4n) is 1.72. The van der Waals surface area contributed by atoms with E-state index in [2.05, 4.69) is 0 Å². The maximum absolute atomic E-state index is 12.5. The van der Waals surface area contributed by atoms with Gasteiger partial charge in [0.1, 0.15) is 12.1 Å². The van der Waals surface area contributed by atoms with Crippen molar-refractivity contribution < 1.29 is 22.7 Å². The summed E-state index contributed by atoms with van der Waals surface area (Å²) in [7, 11) is 0. The topological polar surface area (TPSA) is 52.3 Å². The first-order chi connectivity index (χ1) is 7.39. The van der Waals surface area contributed by atoms with Crippen LogP contribution in [0.5, 0.6) is 0 Å². The maximum Gasteiger partial charge on any atom is 0.404 e. The highest BCUT2D eigenvalue weighted by molar-refractivity contribution is 5.74. The molecule has 0 aromatic rings. The van der Waals surface area contributed by atoms with Crippen LogP contribution in [0.2, 0.25) is 0 Å². The summed E-state index contributed by atoms with van der Waals surface area (Å²) in [6, 6.07) is -2.09. The zero-order valence-electron chi connectivity index (χ0n) is 8.67. The summed E-state index contributed by atoms with van der Waals surface area (Å²) in [6.07, 6.45) is -1.93. The Bertz CT molecular complexity index is 284.